The number of hydrogen-bond acceptors (Lipinski definition) is 5. The summed E-state index contributed by atoms with van der Waals surface area (Å²) in [5.41, 5.74) is 0.193. The minimum Gasteiger partial charge on any atom is -0.211 e. The lowest BCUT2D eigenvalue weighted by Crippen LogP contribution is -2.50. The normalized spacial score (nSPS) is 17.8. The van der Waals surface area contributed by atoms with Crippen LogP contribution in [0.15, 0.2) is 23.1 Å². The van der Waals surface area contributed by atoms with Crippen molar-refractivity contribution in [2.75, 3.05) is 30.8 Å². The van der Waals surface area contributed by atoms with Gasteiger partial charge in [0.25, 0.3) is 0 Å². The Kier molecular flexibility index (Phi) is 5.71. The van der Waals surface area contributed by atoms with E-state index >= 15 is 0 Å². The van der Waals surface area contributed by atoms with Crippen LogP contribution in [0, 0.1) is 11.3 Å². The molecule has 126 valence electrons. The van der Waals surface area contributed by atoms with Gasteiger partial charge in [0.2, 0.25) is 20.0 Å². The van der Waals surface area contributed by atoms with Gasteiger partial charge in [-0.25, -0.2) is 16.8 Å². The number of hydrogen-bond donors (Lipinski definition) is 0. The molecular formula is C12H13BrClN3O4S2. The fourth-order valence-corrected chi connectivity index (χ4v) is 5.62. The Morgan fingerprint density at radius 1 is 1.13 bits per heavy atom. The Hall–Kier alpha value is -0.700. The third-order valence-corrected chi connectivity index (χ3v) is 8.80. The van der Waals surface area contributed by atoms with Crippen molar-refractivity contribution >= 4 is 47.6 Å². The van der Waals surface area contributed by atoms with Crippen LogP contribution in [-0.2, 0) is 20.0 Å². The van der Waals surface area contributed by atoms with E-state index in [9.17, 15) is 16.8 Å². The lowest BCUT2D eigenvalue weighted by molar-refractivity contribution is 0.274. The fraction of sp³-hybridized carbons (Fsp3) is 0.417. The smallest absolute Gasteiger partial charge is 0.211 e. The van der Waals surface area contributed by atoms with Gasteiger partial charge >= 0.3 is 0 Å². The standard InChI is InChI=1S/C12H13BrClN3O4S2/c13-9-22(18,19)16-3-5-17(6-4-16)23(20,21)11-2-1-10(8-15)12(14)7-11/h1-2,7H,3-6,9H2. The van der Waals surface area contributed by atoms with E-state index in [-0.39, 0.29) is 46.3 Å². The molecule has 0 aromatic heterocycles. The predicted octanol–water partition coefficient (Wildman–Crippen LogP) is 1.20. The zero-order chi connectivity index (χ0) is 17.3. The maximum atomic E-state index is 12.6. The van der Waals surface area contributed by atoms with E-state index in [1.165, 1.54) is 26.8 Å². The van der Waals surface area contributed by atoms with Crippen molar-refractivity contribution < 1.29 is 16.8 Å². The van der Waals surface area contributed by atoms with Crippen molar-refractivity contribution in [3.63, 3.8) is 0 Å². The maximum absolute atomic E-state index is 12.6. The highest BCUT2D eigenvalue weighted by atomic mass is 79.9. The van der Waals surface area contributed by atoms with Gasteiger partial charge in [0.15, 0.2) is 0 Å². The summed E-state index contributed by atoms with van der Waals surface area (Å²) >= 11 is 8.79. The van der Waals surface area contributed by atoms with Crippen LogP contribution in [0.1, 0.15) is 5.56 Å². The molecule has 1 saturated heterocycles. The first-order chi connectivity index (χ1) is 10.7. The molecule has 2 rings (SSSR count). The molecule has 0 bridgehead atoms. The van der Waals surface area contributed by atoms with E-state index in [1.54, 1.807) is 0 Å². The lowest BCUT2D eigenvalue weighted by atomic mass is 10.2. The summed E-state index contributed by atoms with van der Waals surface area (Å²) in [5, 5.41) is 8.89. The quantitative estimate of drug-likeness (QED) is 0.653. The van der Waals surface area contributed by atoms with Crippen molar-refractivity contribution in [2.24, 2.45) is 0 Å². The van der Waals surface area contributed by atoms with E-state index in [0.29, 0.717) is 0 Å². The van der Waals surface area contributed by atoms with Crippen LogP contribution in [0.2, 0.25) is 5.02 Å². The van der Waals surface area contributed by atoms with E-state index < -0.39 is 20.0 Å². The van der Waals surface area contributed by atoms with E-state index in [4.69, 9.17) is 16.9 Å². The second kappa shape index (κ2) is 7.04. The largest absolute Gasteiger partial charge is 0.243 e. The van der Waals surface area contributed by atoms with Crippen LogP contribution < -0.4 is 0 Å². The molecule has 0 N–H and O–H groups in total. The lowest BCUT2D eigenvalue weighted by Gasteiger charge is -2.32. The third kappa shape index (κ3) is 3.87. The molecule has 0 spiro atoms. The molecule has 0 saturated carbocycles. The van der Waals surface area contributed by atoms with Crippen LogP contribution >= 0.6 is 27.5 Å². The summed E-state index contributed by atoms with van der Waals surface area (Å²) in [5.74, 6) is 0. The van der Waals surface area contributed by atoms with Crippen LogP contribution in [0.5, 0.6) is 0 Å². The monoisotopic (exact) mass is 441 g/mol. The van der Waals surface area contributed by atoms with Crippen LogP contribution in [-0.4, -0.2) is 56.3 Å². The molecule has 0 aliphatic carbocycles. The van der Waals surface area contributed by atoms with Gasteiger partial charge in [-0.3, -0.25) is 0 Å². The number of halogens is 2. The Morgan fingerprint density at radius 3 is 2.17 bits per heavy atom. The van der Waals surface area contributed by atoms with Gasteiger partial charge in [-0.15, -0.1) is 0 Å². The third-order valence-electron chi connectivity index (χ3n) is 3.43. The van der Waals surface area contributed by atoms with Gasteiger partial charge in [-0.05, 0) is 18.2 Å². The number of benzene rings is 1. The highest BCUT2D eigenvalue weighted by Crippen LogP contribution is 2.24. The number of piperazine rings is 1. The molecule has 7 nitrogen and oxygen atoms in total. The summed E-state index contributed by atoms with van der Waals surface area (Å²) in [6, 6.07) is 5.77. The Bertz CT molecular complexity index is 844. The van der Waals surface area contributed by atoms with E-state index in [1.807, 2.05) is 6.07 Å². The molecule has 0 atom stereocenters. The molecule has 1 heterocycles. The maximum Gasteiger partial charge on any atom is 0.243 e. The van der Waals surface area contributed by atoms with Crippen molar-refractivity contribution in [1.29, 1.82) is 5.26 Å². The highest BCUT2D eigenvalue weighted by molar-refractivity contribution is 9.10. The van der Waals surface area contributed by atoms with E-state index in [2.05, 4.69) is 15.9 Å². The van der Waals surface area contributed by atoms with Crippen molar-refractivity contribution in [3.8, 4) is 6.07 Å². The molecule has 1 aromatic carbocycles. The molecule has 1 aliphatic heterocycles. The van der Waals surface area contributed by atoms with E-state index in [0.717, 1.165) is 0 Å². The molecule has 1 fully saturated rings. The fourth-order valence-electron chi connectivity index (χ4n) is 2.15. The van der Waals surface area contributed by atoms with Gasteiger partial charge < -0.3 is 0 Å². The topological polar surface area (TPSA) is 98.5 Å². The number of nitrogens with zero attached hydrogens (tertiary/aromatic N) is 3. The molecular weight excluding hydrogens is 430 g/mol. The molecule has 0 amide bonds. The van der Waals surface area contributed by atoms with Crippen molar-refractivity contribution in [1.82, 2.24) is 8.61 Å². The van der Waals surface area contributed by atoms with Gasteiger partial charge in [0, 0.05) is 26.2 Å². The summed E-state index contributed by atoms with van der Waals surface area (Å²) in [6.07, 6.45) is 0. The second-order valence-electron chi connectivity index (χ2n) is 4.78. The Balaban J connectivity index is 2.20. The first kappa shape index (κ1) is 18.6. The van der Waals surface area contributed by atoms with Crippen LogP contribution in [0.3, 0.4) is 0 Å². The minimum absolute atomic E-state index is 0.0155. The first-order valence-electron chi connectivity index (χ1n) is 6.46. The molecule has 1 aromatic rings. The summed E-state index contributed by atoms with van der Waals surface area (Å²) < 4.78 is 50.9. The first-order valence-corrected chi connectivity index (χ1v) is 11.0. The molecule has 0 radical (unpaired) electrons. The van der Waals surface area contributed by atoms with Gasteiger partial charge in [0.1, 0.15) is 10.7 Å². The van der Waals surface area contributed by atoms with Crippen molar-refractivity contribution in [2.45, 2.75) is 4.90 Å². The summed E-state index contributed by atoms with van der Waals surface area (Å²) in [6.45, 7) is 0.312. The Morgan fingerprint density at radius 2 is 1.70 bits per heavy atom. The predicted molar refractivity (Wildman–Crippen MR) is 89.2 cm³/mol. The van der Waals surface area contributed by atoms with Crippen LogP contribution in [0.25, 0.3) is 0 Å². The van der Waals surface area contributed by atoms with Crippen LogP contribution in [0.4, 0.5) is 0 Å². The number of rotatable bonds is 4. The minimum atomic E-state index is -3.78. The summed E-state index contributed by atoms with van der Waals surface area (Å²) in [7, 11) is -7.18. The molecule has 23 heavy (non-hydrogen) atoms. The average Bonchev–Trinajstić information content (AvgIpc) is 2.54. The van der Waals surface area contributed by atoms with Gasteiger partial charge in [-0.2, -0.15) is 13.9 Å². The Labute approximate surface area is 148 Å². The zero-order valence-electron chi connectivity index (χ0n) is 11.8. The average molecular weight is 443 g/mol. The number of sulfonamides is 2. The molecule has 0 unspecified atom stereocenters. The molecule has 1 aliphatic rings. The number of nitriles is 1. The zero-order valence-corrected chi connectivity index (χ0v) is 15.8. The van der Waals surface area contributed by atoms with Gasteiger partial charge in [0.05, 0.1) is 15.5 Å². The molecule has 11 heteroatoms. The van der Waals surface area contributed by atoms with Gasteiger partial charge in [-0.1, -0.05) is 27.5 Å². The SMILES string of the molecule is N#Cc1ccc(S(=O)(=O)N2CCN(S(=O)(=O)CBr)CC2)cc1Cl. The number of alkyl halides is 1. The van der Waals surface area contributed by atoms with Crippen molar-refractivity contribution in [3.05, 3.63) is 28.8 Å². The highest BCUT2D eigenvalue weighted by Gasteiger charge is 2.32. The summed E-state index contributed by atoms with van der Waals surface area (Å²) in [4.78, 5) is -0.0155. The second-order valence-corrected chi connectivity index (χ2v) is 10.4.